The Labute approximate surface area is 106 Å². The van der Waals surface area contributed by atoms with Crippen LogP contribution in [0, 0.1) is 0 Å². The molecule has 6 nitrogen and oxygen atoms in total. The van der Waals surface area contributed by atoms with Crippen molar-refractivity contribution in [3.8, 4) is 0 Å². The first kappa shape index (κ1) is 13.4. The van der Waals surface area contributed by atoms with Crippen molar-refractivity contribution in [1.82, 2.24) is 10.6 Å². The van der Waals surface area contributed by atoms with E-state index in [1.807, 2.05) is 0 Å². The fourth-order valence-corrected chi connectivity index (χ4v) is 1.21. The van der Waals surface area contributed by atoms with E-state index in [0.717, 1.165) is 0 Å². The van der Waals surface area contributed by atoms with Gasteiger partial charge in [0.1, 0.15) is 5.82 Å². The van der Waals surface area contributed by atoms with E-state index in [4.69, 9.17) is 17.2 Å². The molecule has 0 bridgehead atoms. The third kappa shape index (κ3) is 3.75. The number of hydrogen-bond acceptors (Lipinski definition) is 5. The molecule has 0 aliphatic rings. The van der Waals surface area contributed by atoms with E-state index in [-0.39, 0.29) is 11.7 Å². The predicted octanol–water partition coefficient (Wildman–Crippen LogP) is -0.182. The second kappa shape index (κ2) is 6.19. The maximum absolute atomic E-state index is 11.8. The lowest BCUT2D eigenvalue weighted by Crippen LogP contribution is -2.28. The van der Waals surface area contributed by atoms with Gasteiger partial charge in [-0.2, -0.15) is 0 Å². The van der Waals surface area contributed by atoms with Gasteiger partial charge in [0.2, 0.25) is 0 Å². The Morgan fingerprint density at radius 3 is 2.39 bits per heavy atom. The molecular formula is C12H17N5O. The van der Waals surface area contributed by atoms with Crippen LogP contribution in [0.25, 0.3) is 0 Å². The van der Waals surface area contributed by atoms with Crippen LogP contribution >= 0.6 is 0 Å². The molecular weight excluding hydrogens is 230 g/mol. The third-order valence-electron chi connectivity index (χ3n) is 2.19. The van der Waals surface area contributed by atoms with E-state index in [2.05, 4.69) is 10.6 Å². The van der Waals surface area contributed by atoms with Gasteiger partial charge in [0.15, 0.2) is 0 Å². The van der Waals surface area contributed by atoms with Crippen molar-refractivity contribution < 1.29 is 4.79 Å². The van der Waals surface area contributed by atoms with Crippen LogP contribution in [-0.2, 0) is 0 Å². The zero-order valence-corrected chi connectivity index (χ0v) is 10.1. The molecule has 8 N–H and O–H groups in total. The molecule has 0 saturated carbocycles. The van der Waals surface area contributed by atoms with E-state index < -0.39 is 0 Å². The minimum Gasteiger partial charge on any atom is -0.398 e. The average Bonchev–Trinajstić information content (AvgIpc) is 2.36. The molecule has 1 amide bonds. The summed E-state index contributed by atoms with van der Waals surface area (Å²) in [6.45, 7) is 0. The summed E-state index contributed by atoms with van der Waals surface area (Å²) in [6, 6.07) is 6.75. The number of carbonyl (C=O) groups is 1. The molecule has 0 aliphatic carbocycles. The van der Waals surface area contributed by atoms with Gasteiger partial charge in [0.25, 0.3) is 5.91 Å². The number of nitrogens with two attached hydrogens (primary N) is 3. The van der Waals surface area contributed by atoms with Crippen molar-refractivity contribution in [3.63, 3.8) is 0 Å². The molecule has 1 aromatic rings. The lowest BCUT2D eigenvalue weighted by molar-refractivity contribution is 0.0966. The number of nitrogens with one attached hydrogen (secondary N) is 2. The van der Waals surface area contributed by atoms with Crippen LogP contribution in [0.2, 0.25) is 0 Å². The number of hydrogen-bond donors (Lipinski definition) is 5. The zero-order chi connectivity index (χ0) is 13.5. The van der Waals surface area contributed by atoms with E-state index in [1.165, 1.54) is 6.08 Å². The number of para-hydroxylation sites is 1. The van der Waals surface area contributed by atoms with Crippen LogP contribution in [0.15, 0.2) is 48.1 Å². The van der Waals surface area contributed by atoms with Crippen molar-refractivity contribution in [2.75, 3.05) is 12.8 Å². The van der Waals surface area contributed by atoms with Gasteiger partial charge in [0, 0.05) is 12.7 Å². The topological polar surface area (TPSA) is 119 Å². The summed E-state index contributed by atoms with van der Waals surface area (Å²) in [6.07, 6.45) is 3.03. The molecule has 0 atom stereocenters. The molecule has 1 aromatic carbocycles. The Hall–Kier alpha value is -2.63. The molecule has 1 rings (SSSR count). The molecule has 6 heteroatoms. The van der Waals surface area contributed by atoms with Crippen LogP contribution in [0.5, 0.6) is 0 Å². The van der Waals surface area contributed by atoms with Gasteiger partial charge < -0.3 is 27.8 Å². The standard InChI is InChI=1S/C12H17N5O/c1-16-10(14)6-7-11(15)17-12(18)8-4-2-3-5-9(8)13/h2-7,16H,13-15H2,1H3,(H,17,18)/b10-6+,11-7+. The van der Waals surface area contributed by atoms with Crippen molar-refractivity contribution in [2.45, 2.75) is 0 Å². The fraction of sp³-hybridized carbons (Fsp3) is 0.0833. The van der Waals surface area contributed by atoms with Crippen LogP contribution in [0.1, 0.15) is 10.4 Å². The number of nitrogen functional groups attached to an aromatic ring is 1. The Balaban J connectivity index is 2.74. The minimum atomic E-state index is -0.363. The van der Waals surface area contributed by atoms with Gasteiger partial charge in [0.05, 0.1) is 11.4 Å². The van der Waals surface area contributed by atoms with Crippen molar-refractivity contribution in [2.24, 2.45) is 11.5 Å². The lowest BCUT2D eigenvalue weighted by atomic mass is 10.1. The summed E-state index contributed by atoms with van der Waals surface area (Å²) >= 11 is 0. The number of amides is 1. The normalized spacial score (nSPS) is 12.1. The highest BCUT2D eigenvalue weighted by Gasteiger charge is 2.08. The van der Waals surface area contributed by atoms with E-state index in [1.54, 1.807) is 37.4 Å². The number of rotatable bonds is 4. The molecule has 0 aromatic heterocycles. The van der Waals surface area contributed by atoms with E-state index in [0.29, 0.717) is 17.1 Å². The summed E-state index contributed by atoms with van der Waals surface area (Å²) in [5, 5.41) is 5.23. The average molecular weight is 247 g/mol. The first-order chi connectivity index (χ1) is 8.54. The van der Waals surface area contributed by atoms with Crippen LogP contribution < -0.4 is 27.8 Å². The van der Waals surface area contributed by atoms with E-state index >= 15 is 0 Å². The summed E-state index contributed by atoms with van der Waals surface area (Å²) in [5.74, 6) is 0.256. The summed E-state index contributed by atoms with van der Waals surface area (Å²) in [4.78, 5) is 11.8. The first-order valence-electron chi connectivity index (χ1n) is 5.31. The summed E-state index contributed by atoms with van der Waals surface area (Å²) in [7, 11) is 1.68. The molecule has 0 fully saturated rings. The monoisotopic (exact) mass is 247 g/mol. The predicted molar refractivity (Wildman–Crippen MR) is 71.9 cm³/mol. The van der Waals surface area contributed by atoms with E-state index in [9.17, 15) is 4.79 Å². The molecule has 0 radical (unpaired) electrons. The number of anilines is 1. The second-order valence-electron chi connectivity index (χ2n) is 3.54. The van der Waals surface area contributed by atoms with Gasteiger partial charge in [-0.1, -0.05) is 12.1 Å². The van der Waals surface area contributed by atoms with Gasteiger partial charge >= 0.3 is 0 Å². The van der Waals surface area contributed by atoms with Gasteiger partial charge in [-0.05, 0) is 24.3 Å². The Kier molecular flexibility index (Phi) is 4.62. The highest BCUT2D eigenvalue weighted by Crippen LogP contribution is 2.10. The summed E-state index contributed by atoms with van der Waals surface area (Å²) < 4.78 is 0. The SMILES string of the molecule is CN/C(N)=C/C=C(\N)NC(=O)c1ccccc1N. The molecule has 0 heterocycles. The van der Waals surface area contributed by atoms with Crippen molar-refractivity contribution in [3.05, 3.63) is 53.6 Å². The molecule has 0 saturated heterocycles. The zero-order valence-electron chi connectivity index (χ0n) is 10.1. The van der Waals surface area contributed by atoms with Crippen molar-refractivity contribution >= 4 is 11.6 Å². The first-order valence-corrected chi connectivity index (χ1v) is 5.31. The number of allylic oxidation sites excluding steroid dienone is 2. The maximum atomic E-state index is 11.8. The number of benzene rings is 1. The van der Waals surface area contributed by atoms with Gasteiger partial charge in [-0.25, -0.2) is 0 Å². The highest BCUT2D eigenvalue weighted by molar-refractivity contribution is 5.99. The Bertz CT molecular complexity index is 493. The molecule has 96 valence electrons. The smallest absolute Gasteiger partial charge is 0.258 e. The second-order valence-corrected chi connectivity index (χ2v) is 3.54. The number of carbonyl (C=O) groups excluding carboxylic acids is 1. The lowest BCUT2D eigenvalue weighted by Gasteiger charge is -2.06. The van der Waals surface area contributed by atoms with Crippen LogP contribution in [0.3, 0.4) is 0 Å². The van der Waals surface area contributed by atoms with Crippen molar-refractivity contribution in [1.29, 1.82) is 0 Å². The Morgan fingerprint density at radius 2 is 1.78 bits per heavy atom. The molecule has 0 spiro atoms. The van der Waals surface area contributed by atoms with Crippen LogP contribution in [-0.4, -0.2) is 13.0 Å². The molecule has 18 heavy (non-hydrogen) atoms. The molecule has 0 unspecified atom stereocenters. The summed E-state index contributed by atoms with van der Waals surface area (Å²) in [5.41, 5.74) is 17.6. The quantitative estimate of drug-likeness (QED) is 0.373. The van der Waals surface area contributed by atoms with Crippen LogP contribution in [0.4, 0.5) is 5.69 Å². The highest BCUT2D eigenvalue weighted by atomic mass is 16.1. The maximum Gasteiger partial charge on any atom is 0.258 e. The van der Waals surface area contributed by atoms with Gasteiger partial charge in [-0.3, -0.25) is 4.79 Å². The minimum absolute atomic E-state index is 0.182. The largest absolute Gasteiger partial charge is 0.398 e. The fourth-order valence-electron chi connectivity index (χ4n) is 1.21. The molecule has 0 aliphatic heterocycles. The van der Waals surface area contributed by atoms with Gasteiger partial charge in [-0.15, -0.1) is 0 Å². The third-order valence-corrected chi connectivity index (χ3v) is 2.19. The Morgan fingerprint density at radius 1 is 1.17 bits per heavy atom.